The summed E-state index contributed by atoms with van der Waals surface area (Å²) in [5, 5.41) is 6.08. The van der Waals surface area contributed by atoms with E-state index >= 15 is 0 Å². The number of hydrogen-bond acceptors (Lipinski definition) is 2. The van der Waals surface area contributed by atoms with Crippen molar-refractivity contribution in [3.05, 3.63) is 188 Å². The summed E-state index contributed by atoms with van der Waals surface area (Å²) in [6.07, 6.45) is 0. The van der Waals surface area contributed by atoms with Gasteiger partial charge in [-0.25, -0.2) is 0 Å². The Kier molecular flexibility index (Phi) is 6.84. The van der Waals surface area contributed by atoms with Gasteiger partial charge in [0.25, 0.3) is 0 Å². The predicted octanol–water partition coefficient (Wildman–Crippen LogP) is 13.2. The highest BCUT2D eigenvalue weighted by atomic mass is 16.3. The molecule has 0 bridgehead atoms. The van der Waals surface area contributed by atoms with Crippen LogP contribution in [0, 0.1) is 0 Å². The van der Waals surface area contributed by atoms with Crippen LogP contribution in [0.25, 0.3) is 66.1 Å². The van der Waals surface area contributed by atoms with Crippen LogP contribution < -0.4 is 4.90 Å². The van der Waals surface area contributed by atoms with Crippen LogP contribution in [0.3, 0.4) is 0 Å². The smallest absolute Gasteiger partial charge is 0.137 e. The first kappa shape index (κ1) is 27.9. The maximum absolute atomic E-state index is 6.42. The van der Waals surface area contributed by atoms with Crippen molar-refractivity contribution in [3.8, 4) is 33.6 Å². The summed E-state index contributed by atoms with van der Waals surface area (Å²) >= 11 is 0. The number of nitrogens with zero attached hydrogens (tertiary/aromatic N) is 1. The standard InChI is InChI=1S/C46H31NO/c1-2-12-36-30-37(21-20-32(36)10-1)33-22-26-39(27-23-33)47(44-18-7-6-16-43(44)46-31-38-13-4-8-19-45(38)48-46)40-28-24-35(25-29-40)42-17-9-14-34-11-3-5-15-41(34)42/h1-31H. The summed E-state index contributed by atoms with van der Waals surface area (Å²) in [5.41, 5.74) is 9.91. The second kappa shape index (κ2) is 11.8. The van der Waals surface area contributed by atoms with Crippen molar-refractivity contribution in [2.45, 2.75) is 0 Å². The molecule has 0 amide bonds. The molecule has 0 aliphatic heterocycles. The van der Waals surface area contributed by atoms with E-state index in [9.17, 15) is 0 Å². The second-order valence-electron chi connectivity index (χ2n) is 12.2. The van der Waals surface area contributed by atoms with E-state index < -0.39 is 0 Å². The van der Waals surface area contributed by atoms with Gasteiger partial charge in [0.2, 0.25) is 0 Å². The highest BCUT2D eigenvalue weighted by Crippen LogP contribution is 2.43. The van der Waals surface area contributed by atoms with Gasteiger partial charge in [-0.1, -0.05) is 133 Å². The third kappa shape index (κ3) is 5.01. The van der Waals surface area contributed by atoms with Crippen LogP contribution in [0.2, 0.25) is 0 Å². The Morgan fingerprint density at radius 2 is 0.938 bits per heavy atom. The van der Waals surface area contributed by atoms with Gasteiger partial charge in [0.1, 0.15) is 11.3 Å². The van der Waals surface area contributed by atoms with Crippen molar-refractivity contribution < 1.29 is 4.42 Å². The molecule has 0 aliphatic carbocycles. The van der Waals surface area contributed by atoms with Crippen LogP contribution in [0.1, 0.15) is 0 Å². The fraction of sp³-hybridized carbons (Fsp3) is 0. The minimum absolute atomic E-state index is 0.844. The summed E-state index contributed by atoms with van der Waals surface area (Å²) in [6, 6.07) is 66.9. The highest BCUT2D eigenvalue weighted by molar-refractivity contribution is 5.97. The van der Waals surface area contributed by atoms with E-state index in [4.69, 9.17) is 4.42 Å². The van der Waals surface area contributed by atoms with E-state index in [0.717, 1.165) is 39.4 Å². The number of furan rings is 1. The average Bonchev–Trinajstić information content (AvgIpc) is 3.60. The minimum atomic E-state index is 0.844. The van der Waals surface area contributed by atoms with Gasteiger partial charge >= 0.3 is 0 Å². The van der Waals surface area contributed by atoms with Crippen LogP contribution in [-0.2, 0) is 0 Å². The molecule has 2 heteroatoms. The third-order valence-electron chi connectivity index (χ3n) is 9.27. The lowest BCUT2D eigenvalue weighted by Crippen LogP contribution is -2.11. The summed E-state index contributed by atoms with van der Waals surface area (Å²) in [7, 11) is 0. The van der Waals surface area contributed by atoms with Crippen molar-refractivity contribution in [3.63, 3.8) is 0 Å². The lowest BCUT2D eigenvalue weighted by atomic mass is 9.97. The minimum Gasteiger partial charge on any atom is -0.456 e. The molecule has 9 rings (SSSR count). The molecule has 1 heterocycles. The van der Waals surface area contributed by atoms with Gasteiger partial charge in [-0.2, -0.15) is 0 Å². The second-order valence-corrected chi connectivity index (χ2v) is 12.2. The molecule has 9 aromatic rings. The van der Waals surface area contributed by atoms with Gasteiger partial charge in [0, 0.05) is 22.3 Å². The molecule has 0 N–H and O–H groups in total. The Labute approximate surface area is 279 Å². The third-order valence-corrected chi connectivity index (χ3v) is 9.27. The quantitative estimate of drug-likeness (QED) is 0.185. The summed E-state index contributed by atoms with van der Waals surface area (Å²) < 4.78 is 6.42. The summed E-state index contributed by atoms with van der Waals surface area (Å²) in [6.45, 7) is 0. The van der Waals surface area contributed by atoms with Crippen molar-refractivity contribution in [1.29, 1.82) is 0 Å². The normalized spacial score (nSPS) is 11.3. The van der Waals surface area contributed by atoms with E-state index in [-0.39, 0.29) is 0 Å². The van der Waals surface area contributed by atoms with E-state index in [1.54, 1.807) is 0 Å². The summed E-state index contributed by atoms with van der Waals surface area (Å²) in [5.74, 6) is 0.844. The monoisotopic (exact) mass is 613 g/mol. The Balaban J connectivity index is 1.17. The number of para-hydroxylation sites is 2. The SMILES string of the molecule is c1ccc(N(c2ccc(-c3ccc4ccccc4c3)cc2)c2ccc(-c3cccc4ccccc34)cc2)c(-c2cc3ccccc3o2)c1. The van der Waals surface area contributed by atoms with Gasteiger partial charge in [-0.15, -0.1) is 0 Å². The van der Waals surface area contributed by atoms with Crippen LogP contribution in [0.15, 0.2) is 192 Å². The molecule has 0 aliphatic rings. The molecule has 226 valence electrons. The Morgan fingerprint density at radius 3 is 1.73 bits per heavy atom. The van der Waals surface area contributed by atoms with Gasteiger partial charge in [-0.05, 0) is 98.4 Å². The van der Waals surface area contributed by atoms with Crippen molar-refractivity contribution >= 4 is 49.6 Å². The van der Waals surface area contributed by atoms with Crippen LogP contribution >= 0.6 is 0 Å². The number of hydrogen-bond donors (Lipinski definition) is 0. The molecule has 8 aromatic carbocycles. The molecular weight excluding hydrogens is 583 g/mol. The zero-order valence-corrected chi connectivity index (χ0v) is 26.3. The van der Waals surface area contributed by atoms with E-state index in [1.165, 1.54) is 43.8 Å². The predicted molar refractivity (Wildman–Crippen MR) is 202 cm³/mol. The van der Waals surface area contributed by atoms with Gasteiger partial charge in [0.05, 0.1) is 5.69 Å². The Bertz CT molecular complexity index is 2520. The topological polar surface area (TPSA) is 16.4 Å². The fourth-order valence-corrected chi connectivity index (χ4v) is 6.86. The Hall–Kier alpha value is -6.38. The van der Waals surface area contributed by atoms with Crippen molar-refractivity contribution in [1.82, 2.24) is 0 Å². The fourth-order valence-electron chi connectivity index (χ4n) is 6.86. The van der Waals surface area contributed by atoms with E-state index in [0.29, 0.717) is 0 Å². The largest absolute Gasteiger partial charge is 0.456 e. The molecule has 0 unspecified atom stereocenters. The van der Waals surface area contributed by atoms with Gasteiger partial charge < -0.3 is 9.32 Å². The number of benzene rings is 8. The molecule has 2 nitrogen and oxygen atoms in total. The number of anilines is 3. The zero-order chi connectivity index (χ0) is 31.9. The molecule has 0 atom stereocenters. The van der Waals surface area contributed by atoms with E-state index in [1.807, 2.05) is 12.1 Å². The maximum Gasteiger partial charge on any atom is 0.137 e. The van der Waals surface area contributed by atoms with Crippen molar-refractivity contribution in [2.24, 2.45) is 0 Å². The number of fused-ring (bicyclic) bond motifs is 3. The molecule has 0 radical (unpaired) electrons. The molecule has 0 saturated heterocycles. The molecule has 0 fully saturated rings. The lowest BCUT2D eigenvalue weighted by molar-refractivity contribution is 0.631. The lowest BCUT2D eigenvalue weighted by Gasteiger charge is -2.27. The van der Waals surface area contributed by atoms with Crippen LogP contribution in [0.4, 0.5) is 17.1 Å². The molecular formula is C46H31NO. The Morgan fingerprint density at radius 1 is 0.354 bits per heavy atom. The molecule has 48 heavy (non-hydrogen) atoms. The van der Waals surface area contributed by atoms with Crippen LogP contribution in [-0.4, -0.2) is 0 Å². The first-order valence-corrected chi connectivity index (χ1v) is 16.3. The van der Waals surface area contributed by atoms with Crippen LogP contribution in [0.5, 0.6) is 0 Å². The molecule has 0 saturated carbocycles. The average molecular weight is 614 g/mol. The number of rotatable bonds is 6. The zero-order valence-electron chi connectivity index (χ0n) is 26.3. The first-order chi connectivity index (χ1) is 23.8. The maximum atomic E-state index is 6.42. The molecule has 1 aromatic heterocycles. The van der Waals surface area contributed by atoms with Gasteiger partial charge in [-0.3, -0.25) is 0 Å². The first-order valence-electron chi connectivity index (χ1n) is 16.3. The van der Waals surface area contributed by atoms with E-state index in [2.05, 4.69) is 181 Å². The van der Waals surface area contributed by atoms with Crippen molar-refractivity contribution in [2.75, 3.05) is 4.90 Å². The highest BCUT2D eigenvalue weighted by Gasteiger charge is 2.19. The summed E-state index contributed by atoms with van der Waals surface area (Å²) in [4.78, 5) is 2.33. The van der Waals surface area contributed by atoms with Gasteiger partial charge in [0.15, 0.2) is 0 Å². The molecule has 0 spiro atoms.